The Morgan fingerprint density at radius 1 is 0.243 bits per heavy atom. The lowest BCUT2D eigenvalue weighted by Crippen LogP contribution is -2.05. The molecule has 322 valence electrons. The first kappa shape index (κ1) is 41.2. The minimum atomic E-state index is 0.417. The Bertz CT molecular complexity index is 3820. The van der Waals surface area contributed by atoms with Gasteiger partial charge in [0, 0.05) is 43.8 Å². The molecule has 0 saturated heterocycles. The van der Waals surface area contributed by atoms with Crippen LogP contribution in [0.25, 0.3) is 111 Å². The molecule has 0 aliphatic rings. The monoisotopic (exact) mass is 888 g/mol. The molecule has 70 heavy (non-hydrogen) atoms. The third-order valence-electron chi connectivity index (χ3n) is 13.5. The summed E-state index contributed by atoms with van der Waals surface area (Å²) in [7, 11) is 0. The quantitative estimate of drug-likeness (QED) is 0.159. The van der Waals surface area contributed by atoms with E-state index in [0.717, 1.165) is 99.2 Å². The predicted octanol–water partition coefficient (Wildman–Crippen LogP) is 15.7. The number of fused-ring (bicyclic) bond motifs is 6. The normalized spacial score (nSPS) is 11.1. The Labute approximate surface area is 403 Å². The zero-order chi connectivity index (χ0) is 47.3. The van der Waals surface area contributed by atoms with Crippen LogP contribution in [0.1, 0.15) is 22.3 Å². The van der Waals surface area contributed by atoms with Crippen molar-refractivity contribution in [1.82, 2.24) is 9.13 Å². The van der Waals surface area contributed by atoms with Gasteiger partial charge in [0.25, 0.3) is 0 Å². The summed E-state index contributed by atoms with van der Waals surface area (Å²) in [6.45, 7) is 0. The second kappa shape index (κ2) is 16.9. The van der Waals surface area contributed by atoms with Gasteiger partial charge in [-0.2, -0.15) is 21.0 Å². The van der Waals surface area contributed by atoms with Gasteiger partial charge >= 0.3 is 0 Å². The average Bonchev–Trinajstić information content (AvgIpc) is 3.94. The zero-order valence-electron chi connectivity index (χ0n) is 37.5. The minimum Gasteiger partial charge on any atom is -0.307 e. The molecule has 2 heterocycles. The molecule has 0 atom stereocenters. The van der Waals surface area contributed by atoms with E-state index >= 15 is 0 Å². The van der Waals surface area contributed by atoms with Gasteiger partial charge in [0.15, 0.2) is 0 Å². The number of benzene rings is 10. The van der Waals surface area contributed by atoms with E-state index in [0.29, 0.717) is 33.6 Å². The van der Waals surface area contributed by atoms with Gasteiger partial charge in [-0.3, -0.25) is 0 Å². The number of hydrogen-bond acceptors (Lipinski definition) is 4. The van der Waals surface area contributed by atoms with E-state index in [4.69, 9.17) is 0 Å². The molecule has 0 spiro atoms. The largest absolute Gasteiger partial charge is 0.307 e. The number of aromatic nitrogens is 2. The Balaban J connectivity index is 1.09. The van der Waals surface area contributed by atoms with Crippen molar-refractivity contribution >= 4 is 43.6 Å². The molecule has 6 nitrogen and oxygen atoms in total. The summed E-state index contributed by atoms with van der Waals surface area (Å²) in [5.74, 6) is 0. The smallest absolute Gasteiger partial charge is 0.102 e. The topological polar surface area (TPSA) is 105 Å². The van der Waals surface area contributed by atoms with Crippen LogP contribution in [0.4, 0.5) is 0 Å². The van der Waals surface area contributed by atoms with Crippen molar-refractivity contribution in [2.45, 2.75) is 0 Å². The molecular formula is C64H36N6. The summed E-state index contributed by atoms with van der Waals surface area (Å²) < 4.78 is 4.18. The molecule has 0 unspecified atom stereocenters. The maximum atomic E-state index is 11.1. The van der Waals surface area contributed by atoms with Crippen molar-refractivity contribution in [3.05, 3.63) is 241 Å². The molecule has 0 amide bonds. The first-order chi connectivity index (χ1) is 34.6. The Kier molecular flexibility index (Phi) is 9.94. The second-order valence-electron chi connectivity index (χ2n) is 17.2. The molecule has 0 bridgehead atoms. The van der Waals surface area contributed by atoms with E-state index in [1.165, 1.54) is 0 Å². The minimum absolute atomic E-state index is 0.417. The summed E-state index contributed by atoms with van der Waals surface area (Å²) in [5.41, 5.74) is 14.7. The van der Waals surface area contributed by atoms with Gasteiger partial charge in [-0.15, -0.1) is 0 Å². The Hall–Kier alpha value is -10.2. The van der Waals surface area contributed by atoms with Crippen LogP contribution in [-0.4, -0.2) is 9.13 Å². The fourth-order valence-corrected chi connectivity index (χ4v) is 10.4. The van der Waals surface area contributed by atoms with E-state index in [1.807, 2.05) is 158 Å². The van der Waals surface area contributed by atoms with Crippen LogP contribution in [-0.2, 0) is 0 Å². The van der Waals surface area contributed by atoms with Crippen molar-refractivity contribution in [3.63, 3.8) is 0 Å². The standard InChI is InChI=1S/C64H36N6/c65-37-55-49(41-17-5-1-6-18-41)35-50(42-19-7-2-8-20-42)56(38-66)63(55)69-59-27-15-13-25-47(59)53-33-45(29-31-61(53)69)46-30-32-62-54(34-46)48-26-14-16-28-60(48)70(62)64-57(39-67)51(43-21-9-3-10-22-43)36-52(58(64)40-68)44-23-11-4-12-24-44/h1-36H. The fraction of sp³-hybridized carbons (Fsp3) is 0. The fourth-order valence-electron chi connectivity index (χ4n) is 10.4. The summed E-state index contributed by atoms with van der Waals surface area (Å²) in [4.78, 5) is 0. The Morgan fingerprint density at radius 2 is 0.514 bits per heavy atom. The van der Waals surface area contributed by atoms with Crippen molar-refractivity contribution in [3.8, 4) is 91.3 Å². The van der Waals surface area contributed by atoms with Crippen LogP contribution >= 0.6 is 0 Å². The van der Waals surface area contributed by atoms with Crippen molar-refractivity contribution < 1.29 is 0 Å². The molecule has 6 heteroatoms. The van der Waals surface area contributed by atoms with E-state index in [9.17, 15) is 21.0 Å². The van der Waals surface area contributed by atoms with Crippen molar-refractivity contribution in [1.29, 1.82) is 21.0 Å². The van der Waals surface area contributed by atoms with Crippen LogP contribution in [0.3, 0.4) is 0 Å². The number of rotatable bonds is 7. The van der Waals surface area contributed by atoms with E-state index < -0.39 is 0 Å². The van der Waals surface area contributed by atoms with E-state index in [2.05, 4.69) is 94.1 Å². The SMILES string of the molecule is N#Cc1c(-c2ccccc2)cc(-c2ccccc2)c(C#N)c1-n1c2ccccc2c2cc(-c3ccc4c(c3)c3ccccc3n4-c3c(C#N)c(-c4ccccc4)cc(-c4ccccc4)c3C#N)ccc21. The summed E-state index contributed by atoms with van der Waals surface area (Å²) in [6, 6.07) is 82.8. The molecule has 0 radical (unpaired) electrons. The third kappa shape index (κ3) is 6.46. The second-order valence-corrected chi connectivity index (χ2v) is 17.2. The van der Waals surface area contributed by atoms with Crippen LogP contribution in [0.15, 0.2) is 218 Å². The highest BCUT2D eigenvalue weighted by Gasteiger charge is 2.27. The average molecular weight is 889 g/mol. The van der Waals surface area contributed by atoms with Gasteiger partial charge in [0.05, 0.1) is 55.7 Å². The molecule has 0 aliphatic carbocycles. The lowest BCUT2D eigenvalue weighted by atomic mass is 9.89. The van der Waals surface area contributed by atoms with Gasteiger partial charge in [0.1, 0.15) is 24.3 Å². The number of para-hydroxylation sites is 2. The molecule has 2 aromatic heterocycles. The third-order valence-corrected chi connectivity index (χ3v) is 13.5. The van der Waals surface area contributed by atoms with Crippen molar-refractivity contribution in [2.75, 3.05) is 0 Å². The molecule has 12 rings (SSSR count). The number of hydrogen-bond donors (Lipinski definition) is 0. The van der Waals surface area contributed by atoms with Gasteiger partial charge in [-0.05, 0) is 81.9 Å². The van der Waals surface area contributed by atoms with Crippen LogP contribution in [0.5, 0.6) is 0 Å². The maximum absolute atomic E-state index is 11.1. The van der Waals surface area contributed by atoms with Gasteiger partial charge in [0.2, 0.25) is 0 Å². The van der Waals surface area contributed by atoms with Gasteiger partial charge < -0.3 is 9.13 Å². The van der Waals surface area contributed by atoms with Crippen molar-refractivity contribution in [2.24, 2.45) is 0 Å². The molecule has 0 aliphatic heterocycles. The highest BCUT2D eigenvalue weighted by Crippen LogP contribution is 2.45. The first-order valence-electron chi connectivity index (χ1n) is 22.9. The highest BCUT2D eigenvalue weighted by atomic mass is 15.0. The van der Waals surface area contributed by atoms with Gasteiger partial charge in [-0.25, -0.2) is 0 Å². The number of nitriles is 4. The molecule has 0 N–H and O–H groups in total. The Morgan fingerprint density at radius 3 is 0.814 bits per heavy atom. The summed E-state index contributed by atoms with van der Waals surface area (Å²) in [5, 5.41) is 48.3. The van der Waals surface area contributed by atoms with Crippen LogP contribution in [0.2, 0.25) is 0 Å². The molecule has 0 saturated carbocycles. The molecule has 12 aromatic rings. The first-order valence-corrected chi connectivity index (χ1v) is 22.9. The predicted molar refractivity (Wildman–Crippen MR) is 281 cm³/mol. The molecular weight excluding hydrogens is 853 g/mol. The zero-order valence-corrected chi connectivity index (χ0v) is 37.5. The van der Waals surface area contributed by atoms with Crippen LogP contribution < -0.4 is 0 Å². The van der Waals surface area contributed by atoms with E-state index in [1.54, 1.807) is 0 Å². The van der Waals surface area contributed by atoms with Crippen LogP contribution in [0, 0.1) is 45.3 Å². The van der Waals surface area contributed by atoms with E-state index in [-0.39, 0.29) is 0 Å². The van der Waals surface area contributed by atoms with Gasteiger partial charge in [-0.1, -0.05) is 170 Å². The summed E-state index contributed by atoms with van der Waals surface area (Å²) in [6.07, 6.45) is 0. The summed E-state index contributed by atoms with van der Waals surface area (Å²) >= 11 is 0. The lowest BCUT2D eigenvalue weighted by Gasteiger charge is -2.19. The highest BCUT2D eigenvalue weighted by molar-refractivity contribution is 6.13. The lowest BCUT2D eigenvalue weighted by molar-refractivity contribution is 1.16. The molecule has 10 aromatic carbocycles. The maximum Gasteiger partial charge on any atom is 0.102 e. The number of nitrogens with zero attached hydrogens (tertiary/aromatic N) is 6. The molecule has 0 fully saturated rings.